The monoisotopic (exact) mass is 564 g/mol. The van der Waals surface area contributed by atoms with E-state index in [0.717, 1.165) is 45.3 Å². The molecule has 0 spiro atoms. The van der Waals surface area contributed by atoms with E-state index < -0.39 is 11.9 Å². The van der Waals surface area contributed by atoms with E-state index in [0.29, 0.717) is 11.5 Å². The molecule has 0 saturated heterocycles. The Labute approximate surface area is 243 Å². The first-order chi connectivity index (χ1) is 20.1. The van der Waals surface area contributed by atoms with E-state index in [-0.39, 0.29) is 17.9 Å². The van der Waals surface area contributed by atoms with Crippen molar-refractivity contribution in [1.82, 2.24) is 14.6 Å². The smallest absolute Gasteiger partial charge is 0.335 e. The Morgan fingerprint density at radius 2 is 1.60 bits per heavy atom. The summed E-state index contributed by atoms with van der Waals surface area (Å²) in [6.07, 6.45) is 1.57. The third-order valence-electron chi connectivity index (χ3n) is 7.16. The fraction of sp³-hybridized carbons (Fsp3) is 0.182. The molecule has 9 heteroatoms. The van der Waals surface area contributed by atoms with Crippen molar-refractivity contribution in [3.05, 3.63) is 124 Å². The van der Waals surface area contributed by atoms with E-state index in [1.54, 1.807) is 36.5 Å². The molecule has 3 heterocycles. The maximum atomic E-state index is 12.6. The highest BCUT2D eigenvalue weighted by Crippen LogP contribution is 2.24. The zero-order valence-electron chi connectivity index (χ0n) is 24.1. The number of ether oxygens (including phenoxy) is 1. The van der Waals surface area contributed by atoms with Crippen molar-refractivity contribution in [3.8, 4) is 17.1 Å². The fourth-order valence-corrected chi connectivity index (χ4v) is 5.04. The van der Waals surface area contributed by atoms with Gasteiger partial charge < -0.3 is 23.4 Å². The van der Waals surface area contributed by atoms with Crippen LogP contribution in [0, 0.1) is 34.6 Å². The highest BCUT2D eigenvalue weighted by molar-refractivity contribution is 5.92. The number of benzene rings is 2. The lowest BCUT2D eigenvalue weighted by molar-refractivity contribution is 0.0696. The number of amides is 1. The van der Waals surface area contributed by atoms with Crippen molar-refractivity contribution >= 4 is 18.1 Å². The van der Waals surface area contributed by atoms with Gasteiger partial charge in [0.1, 0.15) is 18.1 Å². The van der Waals surface area contributed by atoms with Crippen LogP contribution in [-0.4, -0.2) is 32.3 Å². The Hall–Kier alpha value is -5.31. The molecule has 0 aliphatic carbocycles. The van der Waals surface area contributed by atoms with E-state index in [1.165, 1.54) is 0 Å². The minimum Gasteiger partial charge on any atom is -0.486 e. The van der Waals surface area contributed by atoms with Gasteiger partial charge in [-0.05, 0) is 113 Å². The minimum absolute atomic E-state index is 0.124. The molecule has 0 radical (unpaired) electrons. The average molecular weight is 565 g/mol. The first-order valence-corrected chi connectivity index (χ1v) is 13.5. The van der Waals surface area contributed by atoms with Crippen LogP contribution in [0.2, 0.25) is 0 Å². The molecular weight excluding hydrogens is 532 g/mol. The highest BCUT2D eigenvalue weighted by atomic mass is 16.5. The summed E-state index contributed by atoms with van der Waals surface area (Å²) < 4.78 is 15.7. The lowest BCUT2D eigenvalue weighted by Crippen LogP contribution is -2.16. The van der Waals surface area contributed by atoms with Crippen LogP contribution in [0.1, 0.15) is 60.6 Å². The van der Waals surface area contributed by atoms with Crippen molar-refractivity contribution in [2.45, 2.75) is 41.2 Å². The van der Waals surface area contributed by atoms with Gasteiger partial charge in [-0.2, -0.15) is 5.10 Å². The molecule has 0 aliphatic rings. The topological polar surface area (TPSA) is 111 Å². The van der Waals surface area contributed by atoms with E-state index in [9.17, 15) is 14.7 Å². The SMILES string of the molecule is Cc1cc(C(=O)O)ccc1-n1c(C)cc(/C=N/NC(=O)c2ccc(COc3ccc(-n4c(C)ccc4C)cc3)o2)c1C. The number of aromatic carboxylic acids is 1. The molecule has 214 valence electrons. The van der Waals surface area contributed by atoms with Gasteiger partial charge in [0, 0.05) is 39.7 Å². The summed E-state index contributed by atoms with van der Waals surface area (Å²) in [7, 11) is 0. The molecule has 5 rings (SSSR count). The van der Waals surface area contributed by atoms with Gasteiger partial charge in [-0.3, -0.25) is 4.79 Å². The Morgan fingerprint density at radius 3 is 2.26 bits per heavy atom. The second kappa shape index (κ2) is 11.7. The number of nitrogens with one attached hydrogen (secondary N) is 1. The summed E-state index contributed by atoms with van der Waals surface area (Å²) in [6, 6.07) is 22.2. The van der Waals surface area contributed by atoms with Crippen LogP contribution in [0.15, 0.2) is 82.3 Å². The maximum absolute atomic E-state index is 12.6. The van der Waals surface area contributed by atoms with Gasteiger partial charge in [0.15, 0.2) is 5.76 Å². The van der Waals surface area contributed by atoms with Gasteiger partial charge in [0.25, 0.3) is 0 Å². The number of carbonyl (C=O) groups excluding carboxylic acids is 1. The predicted molar refractivity (Wildman–Crippen MR) is 160 cm³/mol. The molecule has 42 heavy (non-hydrogen) atoms. The Morgan fingerprint density at radius 1 is 0.881 bits per heavy atom. The molecule has 0 unspecified atom stereocenters. The van der Waals surface area contributed by atoms with Gasteiger partial charge in [0.05, 0.1) is 11.8 Å². The molecule has 3 aromatic heterocycles. The number of aryl methyl sites for hydroxylation is 4. The van der Waals surface area contributed by atoms with Crippen LogP contribution in [0.3, 0.4) is 0 Å². The van der Waals surface area contributed by atoms with Crippen LogP contribution in [0.25, 0.3) is 11.4 Å². The summed E-state index contributed by atoms with van der Waals surface area (Å²) in [6.45, 7) is 10.1. The molecule has 2 aromatic carbocycles. The summed E-state index contributed by atoms with van der Waals surface area (Å²) in [5.74, 6) is -0.112. The Bertz CT molecular complexity index is 1780. The molecule has 0 saturated carbocycles. The third-order valence-corrected chi connectivity index (χ3v) is 7.16. The van der Waals surface area contributed by atoms with Crippen LogP contribution < -0.4 is 10.2 Å². The van der Waals surface area contributed by atoms with E-state index in [2.05, 4.69) is 41.1 Å². The summed E-state index contributed by atoms with van der Waals surface area (Å²) in [5.41, 5.74) is 10.5. The van der Waals surface area contributed by atoms with Crippen LogP contribution >= 0.6 is 0 Å². The maximum Gasteiger partial charge on any atom is 0.335 e. The molecule has 5 aromatic rings. The van der Waals surface area contributed by atoms with Gasteiger partial charge in [-0.25, -0.2) is 10.2 Å². The molecule has 1 amide bonds. The fourth-order valence-electron chi connectivity index (χ4n) is 5.04. The van der Waals surface area contributed by atoms with Gasteiger partial charge >= 0.3 is 11.9 Å². The van der Waals surface area contributed by atoms with Crippen molar-refractivity contribution in [2.75, 3.05) is 0 Å². The van der Waals surface area contributed by atoms with Crippen molar-refractivity contribution in [3.63, 3.8) is 0 Å². The largest absolute Gasteiger partial charge is 0.486 e. The Balaban J connectivity index is 1.19. The molecule has 0 bridgehead atoms. The number of nitrogens with zero attached hydrogens (tertiary/aromatic N) is 3. The number of hydrazone groups is 1. The molecule has 0 fully saturated rings. The number of aromatic nitrogens is 2. The van der Waals surface area contributed by atoms with E-state index in [1.807, 2.05) is 55.7 Å². The zero-order valence-corrected chi connectivity index (χ0v) is 24.1. The molecule has 0 atom stereocenters. The summed E-state index contributed by atoms with van der Waals surface area (Å²) in [4.78, 5) is 23.9. The average Bonchev–Trinajstić information content (AvgIpc) is 3.65. The van der Waals surface area contributed by atoms with Crippen molar-refractivity contribution in [2.24, 2.45) is 5.10 Å². The first kappa shape index (κ1) is 28.2. The highest BCUT2D eigenvalue weighted by Gasteiger charge is 2.14. The van der Waals surface area contributed by atoms with E-state index in [4.69, 9.17) is 9.15 Å². The van der Waals surface area contributed by atoms with Crippen LogP contribution in [0.5, 0.6) is 5.75 Å². The van der Waals surface area contributed by atoms with Crippen molar-refractivity contribution in [1.29, 1.82) is 0 Å². The van der Waals surface area contributed by atoms with Gasteiger partial charge in [-0.15, -0.1) is 0 Å². The standard InChI is InChI=1S/C33H32N4O5/c1-20-16-25(33(39)40)8-14-30(20)37-23(4)17-26(24(37)5)18-34-35-32(38)31-15-13-29(42-31)19-41-28-11-9-27(10-12-28)36-21(2)6-7-22(36)3/h6-18H,19H2,1-5H3,(H,35,38)(H,39,40)/b34-18+. The third kappa shape index (κ3) is 5.76. The van der Waals surface area contributed by atoms with Gasteiger partial charge in [0.2, 0.25) is 0 Å². The summed E-state index contributed by atoms with van der Waals surface area (Å²) >= 11 is 0. The number of furan rings is 1. The Kier molecular flexibility index (Phi) is 7.84. The summed E-state index contributed by atoms with van der Waals surface area (Å²) in [5, 5.41) is 13.4. The molecular formula is C33H32N4O5. The molecule has 2 N–H and O–H groups in total. The second-order valence-electron chi connectivity index (χ2n) is 10.2. The number of carboxylic acid groups (broad SMARTS) is 1. The number of hydrogen-bond acceptors (Lipinski definition) is 5. The predicted octanol–water partition coefficient (Wildman–Crippen LogP) is 6.44. The number of carboxylic acids is 1. The quantitative estimate of drug-likeness (QED) is 0.158. The van der Waals surface area contributed by atoms with Crippen molar-refractivity contribution < 1.29 is 23.8 Å². The number of hydrogen-bond donors (Lipinski definition) is 2. The minimum atomic E-state index is -0.964. The molecule has 9 nitrogen and oxygen atoms in total. The lowest BCUT2D eigenvalue weighted by atomic mass is 10.1. The van der Waals surface area contributed by atoms with Gasteiger partial charge in [-0.1, -0.05) is 0 Å². The van der Waals surface area contributed by atoms with Crippen LogP contribution in [-0.2, 0) is 6.61 Å². The zero-order chi connectivity index (χ0) is 30.0. The number of rotatable bonds is 9. The van der Waals surface area contributed by atoms with Crippen LogP contribution in [0.4, 0.5) is 0 Å². The number of carbonyl (C=O) groups is 2. The first-order valence-electron chi connectivity index (χ1n) is 13.5. The lowest BCUT2D eigenvalue weighted by Gasteiger charge is -2.13. The normalized spacial score (nSPS) is 11.3. The molecule has 0 aliphatic heterocycles. The van der Waals surface area contributed by atoms with E-state index >= 15 is 0 Å². The second-order valence-corrected chi connectivity index (χ2v) is 10.2.